The number of benzene rings is 2. The molecule has 2 N–H and O–H groups in total. The molecule has 0 spiro atoms. The molecule has 0 unspecified atom stereocenters. The monoisotopic (exact) mass is 309 g/mol. The minimum atomic E-state index is -0.577. The minimum absolute atomic E-state index is 0.111. The number of esters is 1. The molecule has 0 fully saturated rings. The van der Waals surface area contributed by atoms with Crippen LogP contribution in [0.5, 0.6) is 5.75 Å². The highest BCUT2D eigenvalue weighted by atomic mass is 35.5. The predicted molar refractivity (Wildman–Crippen MR) is 77.6 cm³/mol. The summed E-state index contributed by atoms with van der Waals surface area (Å²) in [5.41, 5.74) is 6.53. The number of ether oxygens (including phenoxy) is 2. The molecule has 4 nitrogen and oxygen atoms in total. The van der Waals surface area contributed by atoms with Crippen molar-refractivity contribution in [1.82, 2.24) is 0 Å². The van der Waals surface area contributed by atoms with Crippen LogP contribution in [0, 0.1) is 5.82 Å². The highest BCUT2D eigenvalue weighted by molar-refractivity contribution is 6.31. The van der Waals surface area contributed by atoms with Crippen LogP contribution in [0.3, 0.4) is 0 Å². The second-order valence-electron chi connectivity index (χ2n) is 4.25. The second-order valence-corrected chi connectivity index (χ2v) is 4.66. The summed E-state index contributed by atoms with van der Waals surface area (Å²) >= 11 is 5.87. The molecule has 0 radical (unpaired) electrons. The van der Waals surface area contributed by atoms with Gasteiger partial charge in [0.05, 0.1) is 0 Å². The van der Waals surface area contributed by atoms with Crippen molar-refractivity contribution in [2.24, 2.45) is 0 Å². The van der Waals surface area contributed by atoms with Crippen molar-refractivity contribution in [3.05, 3.63) is 58.9 Å². The summed E-state index contributed by atoms with van der Waals surface area (Å²) in [7, 11) is 0. The first-order valence-electron chi connectivity index (χ1n) is 6.12. The van der Waals surface area contributed by atoms with E-state index in [4.69, 9.17) is 26.8 Å². The van der Waals surface area contributed by atoms with Gasteiger partial charge in [-0.05, 0) is 42.5 Å². The van der Waals surface area contributed by atoms with Gasteiger partial charge in [0.2, 0.25) is 0 Å². The number of rotatable bonds is 5. The molecular formula is C15H13ClFNO3. The van der Waals surface area contributed by atoms with Gasteiger partial charge in [0.15, 0.2) is 6.61 Å². The maximum atomic E-state index is 13.0. The zero-order valence-electron chi connectivity index (χ0n) is 11.0. The fourth-order valence-electron chi connectivity index (χ4n) is 1.56. The average molecular weight is 310 g/mol. The van der Waals surface area contributed by atoms with Crippen LogP contribution >= 0.6 is 11.6 Å². The molecule has 2 aromatic carbocycles. The molecule has 0 aliphatic rings. The summed E-state index contributed by atoms with van der Waals surface area (Å²) in [5, 5.41) is 0.337. The lowest BCUT2D eigenvalue weighted by Crippen LogP contribution is -2.14. The Morgan fingerprint density at radius 3 is 2.62 bits per heavy atom. The summed E-state index contributed by atoms with van der Waals surface area (Å²) in [5.74, 6) is -0.513. The lowest BCUT2D eigenvalue weighted by molar-refractivity contribution is -0.147. The van der Waals surface area contributed by atoms with Crippen molar-refractivity contribution < 1.29 is 18.7 Å². The first-order valence-corrected chi connectivity index (χ1v) is 6.50. The molecule has 0 aliphatic heterocycles. The molecule has 0 aliphatic carbocycles. The molecule has 2 rings (SSSR count). The van der Waals surface area contributed by atoms with E-state index in [0.29, 0.717) is 22.0 Å². The quantitative estimate of drug-likeness (QED) is 0.680. The van der Waals surface area contributed by atoms with Crippen LogP contribution < -0.4 is 10.5 Å². The number of halogens is 2. The SMILES string of the molecule is Nc1ccc(OCC(=O)OCc2cc(F)ccc2Cl)cc1. The third-order valence-electron chi connectivity index (χ3n) is 2.63. The average Bonchev–Trinajstić information content (AvgIpc) is 2.47. The number of nitrogen functional groups attached to an aromatic ring is 1. The first-order chi connectivity index (χ1) is 10.0. The Morgan fingerprint density at radius 2 is 1.90 bits per heavy atom. The largest absolute Gasteiger partial charge is 0.482 e. The van der Waals surface area contributed by atoms with Crippen molar-refractivity contribution in [3.63, 3.8) is 0 Å². The molecule has 0 atom stereocenters. The Kier molecular flexibility index (Phi) is 5.00. The zero-order chi connectivity index (χ0) is 15.2. The van der Waals surface area contributed by atoms with Crippen molar-refractivity contribution in [2.45, 2.75) is 6.61 Å². The van der Waals surface area contributed by atoms with Crippen LogP contribution in [-0.4, -0.2) is 12.6 Å². The molecule has 0 saturated heterocycles. The van der Waals surface area contributed by atoms with E-state index < -0.39 is 11.8 Å². The van der Waals surface area contributed by atoms with E-state index in [1.807, 2.05) is 0 Å². The zero-order valence-corrected chi connectivity index (χ0v) is 11.8. The highest BCUT2D eigenvalue weighted by Crippen LogP contribution is 2.18. The minimum Gasteiger partial charge on any atom is -0.482 e. The van der Waals surface area contributed by atoms with E-state index >= 15 is 0 Å². The van der Waals surface area contributed by atoms with Gasteiger partial charge in [0.1, 0.15) is 18.2 Å². The van der Waals surface area contributed by atoms with Gasteiger partial charge in [-0.2, -0.15) is 0 Å². The highest BCUT2D eigenvalue weighted by Gasteiger charge is 2.08. The Bertz CT molecular complexity index is 631. The van der Waals surface area contributed by atoms with Crippen LogP contribution in [0.1, 0.15) is 5.56 Å². The van der Waals surface area contributed by atoms with E-state index in [-0.39, 0.29) is 13.2 Å². The van der Waals surface area contributed by atoms with Crippen LogP contribution in [0.15, 0.2) is 42.5 Å². The number of hydrogen-bond donors (Lipinski definition) is 1. The van der Waals surface area contributed by atoms with E-state index in [9.17, 15) is 9.18 Å². The second kappa shape index (κ2) is 6.95. The van der Waals surface area contributed by atoms with Gasteiger partial charge < -0.3 is 15.2 Å². The van der Waals surface area contributed by atoms with Crippen LogP contribution in [-0.2, 0) is 16.1 Å². The summed E-state index contributed by atoms with van der Waals surface area (Å²) in [4.78, 5) is 11.5. The number of carbonyl (C=O) groups excluding carboxylic acids is 1. The van der Waals surface area contributed by atoms with Gasteiger partial charge >= 0.3 is 5.97 Å². The van der Waals surface area contributed by atoms with E-state index in [1.165, 1.54) is 18.2 Å². The fraction of sp³-hybridized carbons (Fsp3) is 0.133. The smallest absolute Gasteiger partial charge is 0.344 e. The number of nitrogens with two attached hydrogens (primary N) is 1. The van der Waals surface area contributed by atoms with Crippen molar-refractivity contribution in [2.75, 3.05) is 12.3 Å². The molecule has 0 aromatic heterocycles. The van der Waals surface area contributed by atoms with Crippen LogP contribution in [0.2, 0.25) is 5.02 Å². The molecular weight excluding hydrogens is 297 g/mol. The Balaban J connectivity index is 1.82. The molecule has 0 saturated carbocycles. The summed E-state index contributed by atoms with van der Waals surface area (Å²) in [6.45, 7) is -0.364. The third kappa shape index (κ3) is 4.65. The van der Waals surface area contributed by atoms with Gasteiger partial charge in [0.25, 0.3) is 0 Å². The third-order valence-corrected chi connectivity index (χ3v) is 3.00. The summed E-state index contributed by atoms with van der Waals surface area (Å²) < 4.78 is 23.2. The van der Waals surface area contributed by atoms with E-state index in [0.717, 1.165) is 0 Å². The van der Waals surface area contributed by atoms with Gasteiger partial charge in [-0.1, -0.05) is 11.6 Å². The molecule has 0 amide bonds. The van der Waals surface area contributed by atoms with Crippen LogP contribution in [0.25, 0.3) is 0 Å². The number of carbonyl (C=O) groups is 1. The van der Waals surface area contributed by atoms with Crippen molar-refractivity contribution in [1.29, 1.82) is 0 Å². The van der Waals surface area contributed by atoms with Gasteiger partial charge in [-0.25, -0.2) is 9.18 Å². The van der Waals surface area contributed by atoms with Crippen molar-refractivity contribution in [3.8, 4) is 5.75 Å². The first kappa shape index (κ1) is 15.1. The standard InChI is InChI=1S/C15H13ClFNO3/c16-14-6-1-11(17)7-10(14)8-21-15(19)9-20-13-4-2-12(18)3-5-13/h1-7H,8-9,18H2. The Hall–Kier alpha value is -2.27. The van der Waals surface area contributed by atoms with Gasteiger partial charge in [-0.3, -0.25) is 0 Å². The molecule has 2 aromatic rings. The topological polar surface area (TPSA) is 61.5 Å². The van der Waals surface area contributed by atoms with Gasteiger partial charge in [0, 0.05) is 16.3 Å². The lowest BCUT2D eigenvalue weighted by atomic mass is 10.2. The molecule has 0 heterocycles. The van der Waals surface area contributed by atoms with Crippen molar-refractivity contribution >= 4 is 23.3 Å². The number of hydrogen-bond acceptors (Lipinski definition) is 4. The van der Waals surface area contributed by atoms with E-state index in [2.05, 4.69) is 0 Å². The maximum Gasteiger partial charge on any atom is 0.344 e. The summed E-state index contributed by atoms with van der Waals surface area (Å²) in [6.07, 6.45) is 0. The summed E-state index contributed by atoms with van der Waals surface area (Å²) in [6, 6.07) is 10.5. The number of anilines is 1. The molecule has 0 bridgehead atoms. The van der Waals surface area contributed by atoms with Gasteiger partial charge in [-0.15, -0.1) is 0 Å². The molecule has 21 heavy (non-hydrogen) atoms. The normalized spacial score (nSPS) is 10.2. The maximum absolute atomic E-state index is 13.0. The fourth-order valence-corrected chi connectivity index (χ4v) is 1.73. The molecule has 110 valence electrons. The van der Waals surface area contributed by atoms with Crippen LogP contribution in [0.4, 0.5) is 10.1 Å². The Morgan fingerprint density at radius 1 is 1.19 bits per heavy atom. The Labute approximate surface area is 126 Å². The predicted octanol–water partition coefficient (Wildman–Crippen LogP) is 3.18. The van der Waals surface area contributed by atoms with E-state index in [1.54, 1.807) is 24.3 Å². The lowest BCUT2D eigenvalue weighted by Gasteiger charge is -2.08. The molecule has 6 heteroatoms.